The van der Waals surface area contributed by atoms with Gasteiger partial charge in [0, 0.05) is 18.3 Å². The van der Waals surface area contributed by atoms with Gasteiger partial charge in [0.05, 0.1) is 50.7 Å². The Balaban J connectivity index is 1.66. The van der Waals surface area contributed by atoms with Crippen molar-refractivity contribution in [1.29, 1.82) is 0 Å². The number of amides is 1. The molecule has 0 radical (unpaired) electrons. The lowest BCUT2D eigenvalue weighted by Gasteiger charge is -2.50. The van der Waals surface area contributed by atoms with Crippen molar-refractivity contribution in [2.45, 2.75) is 207 Å². The molecule has 0 aromatic rings. The second-order valence-electron chi connectivity index (χ2n) is 16.8. The number of aliphatic carboxylic acids is 1. The van der Waals surface area contributed by atoms with E-state index in [1.165, 1.54) is 57.4 Å². The average molecular weight is 941 g/mol. The first-order chi connectivity index (χ1) is 31.0. The Hall–Kier alpha value is -2.69. The number of aliphatic hydroxyl groups is 11. The number of unbranched alkanes of at least 4 members (excludes halogenated alkanes) is 11. The lowest BCUT2D eigenvalue weighted by Crippen LogP contribution is -2.70. The highest BCUT2D eigenvalue weighted by molar-refractivity contribution is 5.76. The third-order valence-electron chi connectivity index (χ3n) is 11.8. The number of nitrogens with one attached hydrogen (secondary N) is 1. The van der Waals surface area contributed by atoms with Gasteiger partial charge in [-0.05, 0) is 18.4 Å². The van der Waals surface area contributed by atoms with Gasteiger partial charge in [-0.25, -0.2) is 4.79 Å². The zero-order valence-corrected chi connectivity index (χ0v) is 37.0. The fourth-order valence-electron chi connectivity index (χ4n) is 8.04. The van der Waals surface area contributed by atoms with Crippen LogP contribution in [-0.2, 0) is 38.0 Å². The SMILES string of the molecule is CCCCCCCCCCCCC/C=C/C(O)C(COC1OC(CO)C(OC2OC(CO)C(O)C(OC3(C(=O)O)CC(O)C(NC(C)=O)C(C(O)C(O)CO)O3)C2O)C(O)C1O)N=[N+]=[N-]. The van der Waals surface area contributed by atoms with Crippen LogP contribution in [0, 0.1) is 0 Å². The number of hydrogen-bond acceptors (Lipinski definition) is 20. The van der Waals surface area contributed by atoms with Crippen molar-refractivity contribution in [1.82, 2.24) is 5.32 Å². The van der Waals surface area contributed by atoms with Gasteiger partial charge < -0.3 is 95.0 Å². The summed E-state index contributed by atoms with van der Waals surface area (Å²) < 4.78 is 33.8. The highest BCUT2D eigenvalue weighted by Crippen LogP contribution is 2.38. The van der Waals surface area contributed by atoms with Crippen molar-refractivity contribution >= 4 is 11.9 Å². The van der Waals surface area contributed by atoms with E-state index < -0.39 is 155 Å². The van der Waals surface area contributed by atoms with Crippen molar-refractivity contribution in [3.63, 3.8) is 0 Å². The predicted molar refractivity (Wildman–Crippen MR) is 223 cm³/mol. The van der Waals surface area contributed by atoms with Crippen molar-refractivity contribution in [2.75, 3.05) is 26.4 Å². The average Bonchev–Trinajstić information content (AvgIpc) is 3.28. The van der Waals surface area contributed by atoms with Crippen molar-refractivity contribution in [2.24, 2.45) is 5.11 Å². The van der Waals surface area contributed by atoms with Gasteiger partial charge >= 0.3 is 5.97 Å². The van der Waals surface area contributed by atoms with E-state index in [9.17, 15) is 70.9 Å². The Bertz CT molecular complexity index is 1480. The number of carboxylic acids is 1. The highest BCUT2D eigenvalue weighted by atomic mass is 16.8. The van der Waals surface area contributed by atoms with Crippen LogP contribution in [0.15, 0.2) is 17.3 Å². The molecule has 18 unspecified atom stereocenters. The molecule has 24 nitrogen and oxygen atoms in total. The summed E-state index contributed by atoms with van der Waals surface area (Å²) in [5.41, 5.74) is 9.15. The summed E-state index contributed by atoms with van der Waals surface area (Å²) in [6.45, 7) is -0.276. The smallest absolute Gasteiger partial charge is 0.364 e. The van der Waals surface area contributed by atoms with E-state index in [1.807, 2.05) is 0 Å². The van der Waals surface area contributed by atoms with Gasteiger partial charge in [-0.3, -0.25) is 4.79 Å². The molecule has 0 spiro atoms. The highest BCUT2D eigenvalue weighted by Gasteiger charge is 2.60. The summed E-state index contributed by atoms with van der Waals surface area (Å²) in [6, 6.07) is -2.78. The molecule has 0 aromatic carbocycles. The summed E-state index contributed by atoms with van der Waals surface area (Å²) in [7, 11) is 0. The van der Waals surface area contributed by atoms with Crippen LogP contribution in [0.3, 0.4) is 0 Å². The molecule has 3 aliphatic heterocycles. The minimum atomic E-state index is -3.07. The Kier molecular flexibility index (Phi) is 24.9. The zero-order chi connectivity index (χ0) is 48.3. The van der Waals surface area contributed by atoms with Gasteiger partial charge in [0.2, 0.25) is 5.91 Å². The number of carbonyl (C=O) groups excluding carboxylic acids is 1. The van der Waals surface area contributed by atoms with Crippen molar-refractivity contribution < 1.29 is 99.3 Å². The predicted octanol–water partition coefficient (Wildman–Crippen LogP) is -1.90. The number of ether oxygens (including phenoxy) is 6. The van der Waals surface area contributed by atoms with E-state index in [1.54, 1.807) is 6.08 Å². The topological polar surface area (TPSA) is 393 Å². The first-order valence-corrected chi connectivity index (χ1v) is 22.4. The summed E-state index contributed by atoms with van der Waals surface area (Å²) >= 11 is 0. The lowest BCUT2D eigenvalue weighted by molar-refractivity contribution is -0.386. The quantitative estimate of drug-likeness (QED) is 0.0128. The number of carboxylic acid groups (broad SMARTS) is 1. The molecule has 3 saturated heterocycles. The Morgan fingerprint density at radius 2 is 1.45 bits per heavy atom. The van der Waals surface area contributed by atoms with E-state index >= 15 is 0 Å². The molecular weight excluding hydrogens is 868 g/mol. The Morgan fingerprint density at radius 1 is 0.846 bits per heavy atom. The molecule has 18 atom stereocenters. The van der Waals surface area contributed by atoms with Crippen LogP contribution in [0.2, 0.25) is 0 Å². The largest absolute Gasteiger partial charge is 0.477 e. The monoisotopic (exact) mass is 940 g/mol. The molecule has 24 heteroatoms. The Morgan fingerprint density at radius 3 is 2.00 bits per heavy atom. The molecule has 3 fully saturated rings. The van der Waals surface area contributed by atoms with Crippen LogP contribution in [0.25, 0.3) is 10.4 Å². The van der Waals surface area contributed by atoms with Gasteiger partial charge in [0.15, 0.2) is 12.6 Å². The molecule has 65 heavy (non-hydrogen) atoms. The maximum atomic E-state index is 12.8. The van der Waals surface area contributed by atoms with E-state index in [4.69, 9.17) is 34.0 Å². The second-order valence-corrected chi connectivity index (χ2v) is 16.8. The van der Waals surface area contributed by atoms with Gasteiger partial charge in [-0.2, -0.15) is 0 Å². The number of hydrogen-bond donors (Lipinski definition) is 13. The van der Waals surface area contributed by atoms with E-state index in [0.717, 1.165) is 26.2 Å². The van der Waals surface area contributed by atoms with Crippen molar-refractivity contribution in [3.8, 4) is 0 Å². The van der Waals surface area contributed by atoms with Gasteiger partial charge in [-0.1, -0.05) is 88.4 Å². The van der Waals surface area contributed by atoms with Crippen LogP contribution in [0.4, 0.5) is 0 Å². The third kappa shape index (κ3) is 16.2. The van der Waals surface area contributed by atoms with Crippen LogP contribution >= 0.6 is 0 Å². The molecule has 0 aliphatic carbocycles. The molecule has 0 bridgehead atoms. The maximum Gasteiger partial charge on any atom is 0.364 e. The van der Waals surface area contributed by atoms with Crippen LogP contribution in [-0.4, -0.2) is 209 Å². The minimum Gasteiger partial charge on any atom is -0.477 e. The maximum absolute atomic E-state index is 12.8. The summed E-state index contributed by atoms with van der Waals surface area (Å²) in [5.74, 6) is -5.83. The van der Waals surface area contributed by atoms with Gasteiger partial charge in [0.1, 0.15) is 67.1 Å². The van der Waals surface area contributed by atoms with E-state index in [0.29, 0.717) is 6.42 Å². The molecule has 376 valence electrons. The number of allylic oxidation sites excluding steroid dienone is 1. The first-order valence-electron chi connectivity index (χ1n) is 22.4. The molecule has 0 aromatic heterocycles. The molecule has 3 aliphatic rings. The number of aliphatic hydroxyl groups excluding tert-OH is 11. The standard InChI is InChI=1S/C41H72N4O20/c1-3-4-5-6-7-8-9-10-11-12-13-14-15-16-24(50)23(44-45-42)21-60-38-33(56)32(55)35(28(20-48)62-38)63-39-34(57)37(31(54)27(19-47)61-39)65-41(40(58)59)17-25(51)29(43-22(2)49)36(64-41)30(53)26(52)18-46/h15-16,23-39,46-48,50-57H,3-14,17-21H2,1-2H3,(H,43,49)(H,58,59)/b16-15+. The van der Waals surface area contributed by atoms with Gasteiger partial charge in [0.25, 0.3) is 5.79 Å². The molecule has 3 rings (SSSR count). The van der Waals surface area contributed by atoms with Crippen LogP contribution < -0.4 is 5.32 Å². The fourth-order valence-corrected chi connectivity index (χ4v) is 8.04. The number of rotatable bonds is 29. The van der Waals surface area contributed by atoms with Gasteiger partial charge in [-0.15, -0.1) is 0 Å². The van der Waals surface area contributed by atoms with E-state index in [-0.39, 0.29) is 0 Å². The fraction of sp³-hybridized carbons (Fsp3) is 0.902. The molecule has 13 N–H and O–H groups in total. The molecule has 0 saturated carbocycles. The van der Waals surface area contributed by atoms with E-state index in [2.05, 4.69) is 22.3 Å². The first kappa shape index (κ1) is 56.6. The molecule has 3 heterocycles. The molecular formula is C41H72N4O20. The van der Waals surface area contributed by atoms with Crippen molar-refractivity contribution in [3.05, 3.63) is 22.6 Å². The number of carbonyl (C=O) groups is 2. The van der Waals surface area contributed by atoms with Crippen LogP contribution in [0.1, 0.15) is 97.3 Å². The normalized spacial score (nSPS) is 34.9. The third-order valence-corrected chi connectivity index (χ3v) is 11.8. The van der Waals surface area contributed by atoms with Crippen LogP contribution in [0.5, 0.6) is 0 Å². The second kappa shape index (κ2) is 28.6. The summed E-state index contributed by atoms with van der Waals surface area (Å²) in [5, 5.41) is 133. The number of nitrogens with zero attached hydrogens (tertiary/aromatic N) is 3. The summed E-state index contributed by atoms with van der Waals surface area (Å²) in [4.78, 5) is 27.5. The molecule has 1 amide bonds. The lowest BCUT2D eigenvalue weighted by atomic mass is 9.88. The zero-order valence-electron chi connectivity index (χ0n) is 37.0. The number of azide groups is 1. The summed E-state index contributed by atoms with van der Waals surface area (Å²) in [6.07, 6.45) is -12.7. The Labute approximate surface area is 377 Å². The minimum absolute atomic E-state index is 0.518.